The number of rotatable bonds is 4. The number of aromatic amines is 1. The first-order valence-corrected chi connectivity index (χ1v) is 14.0. The number of methoxy groups -OCH3 is 1. The van der Waals surface area contributed by atoms with Crippen LogP contribution in [-0.4, -0.2) is 67.0 Å². The Labute approximate surface area is 221 Å². The molecule has 1 saturated carbocycles. The Balaban J connectivity index is 1.40. The van der Waals surface area contributed by atoms with Crippen LogP contribution in [0.15, 0.2) is 29.1 Å². The number of H-pyrrole nitrogens is 1. The van der Waals surface area contributed by atoms with E-state index in [2.05, 4.69) is 25.4 Å². The number of halogens is 1. The number of aromatic nitrogens is 2. The highest BCUT2D eigenvalue weighted by Crippen LogP contribution is 2.43. The van der Waals surface area contributed by atoms with E-state index in [1.165, 1.54) is 0 Å². The molecule has 8 heteroatoms. The summed E-state index contributed by atoms with van der Waals surface area (Å²) in [7, 11) is 1.57. The molecule has 1 N–H and O–H groups in total. The summed E-state index contributed by atoms with van der Waals surface area (Å²) in [4.78, 5) is 22.1. The number of piperidine rings is 1. The number of benzene rings is 2. The lowest BCUT2D eigenvalue weighted by Gasteiger charge is -2.41. The van der Waals surface area contributed by atoms with Gasteiger partial charge in [-0.2, -0.15) is 0 Å². The standard InChI is InChI=1S/C30H35FN4O3/c1-18-6-7-21-23(16-18)32-30-25(21)29(36)22-17-24(37-2)28(26(31)27(22)35(30)20-4-3-5-20)34-10-8-19(9-11-34)33-12-14-38-15-13-33/h6-7,16-17,19-20,32H,3-5,8-15H2,1-2H3. The van der Waals surface area contributed by atoms with Crippen molar-refractivity contribution in [2.75, 3.05) is 51.4 Å². The number of fused-ring (bicyclic) bond motifs is 4. The molecule has 2 aromatic heterocycles. The van der Waals surface area contributed by atoms with E-state index in [4.69, 9.17) is 9.47 Å². The fourth-order valence-corrected chi connectivity index (χ4v) is 6.83. The summed E-state index contributed by atoms with van der Waals surface area (Å²) in [5.41, 5.74) is 3.51. The third-order valence-corrected chi connectivity index (χ3v) is 9.07. The van der Waals surface area contributed by atoms with Crippen LogP contribution in [-0.2, 0) is 4.74 Å². The van der Waals surface area contributed by atoms with E-state index in [1.54, 1.807) is 13.2 Å². The Morgan fingerprint density at radius 3 is 2.45 bits per heavy atom. The van der Waals surface area contributed by atoms with Crippen molar-refractivity contribution in [2.45, 2.75) is 51.1 Å². The number of morpholine rings is 1. The largest absolute Gasteiger partial charge is 0.494 e. The molecule has 7 rings (SSSR count). The molecule has 2 saturated heterocycles. The SMILES string of the molecule is COc1cc2c(=O)c3c4ccc(C)cc4[nH]c3n(C3CCC3)c2c(F)c1N1CCC(N2CCOCC2)CC1. The van der Waals surface area contributed by atoms with Crippen LogP contribution >= 0.6 is 0 Å². The highest BCUT2D eigenvalue weighted by molar-refractivity contribution is 6.10. The molecule has 4 aromatic rings. The van der Waals surface area contributed by atoms with Crippen molar-refractivity contribution >= 4 is 38.5 Å². The van der Waals surface area contributed by atoms with Crippen LogP contribution in [0.2, 0.25) is 0 Å². The maximum absolute atomic E-state index is 16.8. The lowest BCUT2D eigenvalue weighted by atomic mass is 9.91. The smallest absolute Gasteiger partial charge is 0.199 e. The summed E-state index contributed by atoms with van der Waals surface area (Å²) in [6, 6.07) is 8.53. The van der Waals surface area contributed by atoms with Crippen molar-refractivity contribution in [2.24, 2.45) is 0 Å². The van der Waals surface area contributed by atoms with Crippen LogP contribution in [0.4, 0.5) is 10.1 Å². The zero-order valence-electron chi connectivity index (χ0n) is 22.2. The summed E-state index contributed by atoms with van der Waals surface area (Å²) in [6.07, 6.45) is 5.01. The molecule has 38 heavy (non-hydrogen) atoms. The monoisotopic (exact) mass is 518 g/mol. The highest BCUT2D eigenvalue weighted by Gasteiger charge is 2.33. The van der Waals surface area contributed by atoms with Gasteiger partial charge in [0.05, 0.1) is 36.6 Å². The maximum atomic E-state index is 16.8. The lowest BCUT2D eigenvalue weighted by Crippen LogP contribution is -2.49. The number of pyridine rings is 1. The summed E-state index contributed by atoms with van der Waals surface area (Å²) in [5.74, 6) is 0.0945. The van der Waals surface area contributed by atoms with Gasteiger partial charge < -0.3 is 23.9 Å². The third kappa shape index (κ3) is 3.64. The summed E-state index contributed by atoms with van der Waals surface area (Å²) < 4.78 is 30.2. The first kappa shape index (κ1) is 24.0. The van der Waals surface area contributed by atoms with Gasteiger partial charge in [-0.3, -0.25) is 9.69 Å². The minimum atomic E-state index is -0.343. The van der Waals surface area contributed by atoms with Gasteiger partial charge in [0.25, 0.3) is 0 Å². The first-order valence-electron chi connectivity index (χ1n) is 14.0. The summed E-state index contributed by atoms with van der Waals surface area (Å²) in [6.45, 7) is 7.04. The molecule has 3 fully saturated rings. The molecule has 1 aliphatic carbocycles. The zero-order chi connectivity index (χ0) is 26.0. The van der Waals surface area contributed by atoms with Crippen LogP contribution in [0, 0.1) is 12.7 Å². The molecule has 0 radical (unpaired) electrons. The Hall–Kier alpha value is -3.10. The summed E-state index contributed by atoms with van der Waals surface area (Å²) in [5, 5.41) is 1.92. The van der Waals surface area contributed by atoms with Gasteiger partial charge >= 0.3 is 0 Å². The second-order valence-corrected chi connectivity index (χ2v) is 11.2. The molecular formula is C30H35FN4O3. The number of aryl methyl sites for hydroxylation is 1. The Bertz CT molecular complexity index is 1590. The number of hydrogen-bond donors (Lipinski definition) is 1. The lowest BCUT2D eigenvalue weighted by molar-refractivity contribution is 0.0114. The van der Waals surface area contributed by atoms with Crippen molar-refractivity contribution in [3.05, 3.63) is 45.9 Å². The van der Waals surface area contributed by atoms with Gasteiger partial charge in [0.1, 0.15) is 17.1 Å². The van der Waals surface area contributed by atoms with Gasteiger partial charge in [-0.15, -0.1) is 0 Å². The third-order valence-electron chi connectivity index (χ3n) is 9.07. The second kappa shape index (κ2) is 9.27. The van der Waals surface area contributed by atoms with Gasteiger partial charge in [-0.1, -0.05) is 12.1 Å². The van der Waals surface area contributed by atoms with E-state index >= 15 is 4.39 Å². The van der Waals surface area contributed by atoms with Crippen molar-refractivity contribution in [1.29, 1.82) is 0 Å². The average Bonchev–Trinajstić information content (AvgIpc) is 3.29. The van der Waals surface area contributed by atoms with Gasteiger partial charge in [-0.05, 0) is 56.7 Å². The van der Waals surface area contributed by atoms with Crippen molar-refractivity contribution in [3.63, 3.8) is 0 Å². The fourth-order valence-electron chi connectivity index (χ4n) is 6.83. The maximum Gasteiger partial charge on any atom is 0.199 e. The van der Waals surface area contributed by atoms with Crippen LogP contribution in [0.25, 0.3) is 32.8 Å². The van der Waals surface area contributed by atoms with Gasteiger partial charge in [0.15, 0.2) is 11.2 Å². The van der Waals surface area contributed by atoms with E-state index in [-0.39, 0.29) is 17.3 Å². The van der Waals surface area contributed by atoms with E-state index in [0.29, 0.717) is 33.8 Å². The van der Waals surface area contributed by atoms with Gasteiger partial charge in [-0.25, -0.2) is 4.39 Å². The van der Waals surface area contributed by atoms with E-state index < -0.39 is 0 Å². The average molecular weight is 519 g/mol. The molecule has 4 heterocycles. The Morgan fingerprint density at radius 2 is 1.76 bits per heavy atom. The fraction of sp³-hybridized carbons (Fsp3) is 0.500. The molecule has 2 aliphatic heterocycles. The minimum Gasteiger partial charge on any atom is -0.494 e. The van der Waals surface area contributed by atoms with Crippen molar-refractivity contribution in [3.8, 4) is 5.75 Å². The number of nitrogens with one attached hydrogen (secondary N) is 1. The molecule has 7 nitrogen and oxygen atoms in total. The van der Waals surface area contributed by atoms with E-state index in [9.17, 15) is 4.79 Å². The van der Waals surface area contributed by atoms with Gasteiger partial charge in [0, 0.05) is 49.2 Å². The molecule has 2 aromatic carbocycles. The van der Waals surface area contributed by atoms with Gasteiger partial charge in [0.2, 0.25) is 0 Å². The van der Waals surface area contributed by atoms with Crippen LogP contribution in [0.1, 0.15) is 43.7 Å². The Morgan fingerprint density at radius 1 is 1.00 bits per heavy atom. The highest BCUT2D eigenvalue weighted by atomic mass is 19.1. The normalized spacial score (nSPS) is 20.0. The van der Waals surface area contributed by atoms with E-state index in [0.717, 1.165) is 93.6 Å². The Kier molecular flexibility index (Phi) is 5.85. The second-order valence-electron chi connectivity index (χ2n) is 11.2. The number of hydrogen-bond acceptors (Lipinski definition) is 5. The quantitative estimate of drug-likeness (QED) is 0.407. The van der Waals surface area contributed by atoms with Crippen LogP contribution < -0.4 is 15.1 Å². The molecule has 0 spiro atoms. The molecule has 0 unspecified atom stereocenters. The topological polar surface area (TPSA) is 62.7 Å². The van der Waals surface area contributed by atoms with Crippen molar-refractivity contribution in [1.82, 2.24) is 14.5 Å². The molecule has 3 aliphatic rings. The number of ether oxygens (including phenoxy) is 2. The minimum absolute atomic E-state index is 0.143. The van der Waals surface area contributed by atoms with Crippen molar-refractivity contribution < 1.29 is 13.9 Å². The molecule has 0 amide bonds. The first-order chi connectivity index (χ1) is 18.5. The van der Waals surface area contributed by atoms with E-state index in [1.807, 2.05) is 19.1 Å². The number of nitrogens with zero attached hydrogens (tertiary/aromatic N) is 3. The zero-order valence-corrected chi connectivity index (χ0v) is 22.2. The molecule has 0 bridgehead atoms. The van der Waals surface area contributed by atoms with Crippen LogP contribution in [0.5, 0.6) is 5.75 Å². The molecule has 0 atom stereocenters. The molecule has 200 valence electrons. The number of anilines is 1. The van der Waals surface area contributed by atoms with Crippen LogP contribution in [0.3, 0.4) is 0 Å². The predicted octanol–water partition coefficient (Wildman–Crippen LogP) is 5.12. The molecular weight excluding hydrogens is 483 g/mol. The predicted molar refractivity (Wildman–Crippen MR) is 149 cm³/mol. The summed E-state index contributed by atoms with van der Waals surface area (Å²) >= 11 is 0.